The van der Waals surface area contributed by atoms with Crippen LogP contribution in [0.15, 0.2) is 21.6 Å². The number of nitrogens with two attached hydrogens (primary N) is 1. The van der Waals surface area contributed by atoms with Crippen LogP contribution >= 0.6 is 0 Å². The van der Waals surface area contributed by atoms with Gasteiger partial charge in [0.05, 0.1) is 6.54 Å². The molecule has 110 valence electrons. The lowest BCUT2D eigenvalue weighted by Crippen LogP contribution is -2.37. The molecule has 0 fully saturated rings. The Kier molecular flexibility index (Phi) is 5.99. The van der Waals surface area contributed by atoms with Gasteiger partial charge in [0.1, 0.15) is 5.76 Å². The number of rotatable bonds is 8. The second kappa shape index (κ2) is 7.04. The van der Waals surface area contributed by atoms with E-state index in [4.69, 9.17) is 10.2 Å². The van der Waals surface area contributed by atoms with Gasteiger partial charge in [-0.2, -0.15) is 4.31 Å². The Hall–Kier alpha value is -0.890. The van der Waals surface area contributed by atoms with Crippen molar-refractivity contribution in [1.82, 2.24) is 9.21 Å². The van der Waals surface area contributed by atoms with Crippen molar-refractivity contribution in [2.24, 2.45) is 5.73 Å². The second-order valence-corrected chi connectivity index (χ2v) is 6.50. The van der Waals surface area contributed by atoms with E-state index in [0.29, 0.717) is 25.4 Å². The van der Waals surface area contributed by atoms with Crippen LogP contribution in [-0.4, -0.2) is 51.4 Å². The zero-order chi connectivity index (χ0) is 14.5. The van der Waals surface area contributed by atoms with Gasteiger partial charge in [-0.15, -0.1) is 0 Å². The topological polar surface area (TPSA) is 79.8 Å². The van der Waals surface area contributed by atoms with E-state index >= 15 is 0 Å². The van der Waals surface area contributed by atoms with Gasteiger partial charge in [0.2, 0.25) is 5.09 Å². The molecule has 0 aliphatic rings. The number of sulfonamides is 1. The smallest absolute Gasteiger partial charge is 0.276 e. The van der Waals surface area contributed by atoms with E-state index in [0.717, 1.165) is 6.42 Å². The standard InChI is InChI=1S/C12H23N3O3S/c1-4-7-15(9-8-14(2)3)19(16,17)12-6-5-11(10-13)18-12/h5-6H,4,7-10,13H2,1-3H3. The van der Waals surface area contributed by atoms with Crippen LogP contribution in [0.4, 0.5) is 0 Å². The van der Waals surface area contributed by atoms with Crippen molar-refractivity contribution in [2.75, 3.05) is 33.7 Å². The van der Waals surface area contributed by atoms with Crippen molar-refractivity contribution in [2.45, 2.75) is 25.0 Å². The fourth-order valence-electron chi connectivity index (χ4n) is 1.65. The summed E-state index contributed by atoms with van der Waals surface area (Å²) in [5, 5.41) is -0.0276. The summed E-state index contributed by atoms with van der Waals surface area (Å²) in [5.41, 5.74) is 5.43. The van der Waals surface area contributed by atoms with Crippen molar-refractivity contribution >= 4 is 10.0 Å². The summed E-state index contributed by atoms with van der Waals surface area (Å²) >= 11 is 0. The summed E-state index contributed by atoms with van der Waals surface area (Å²) in [6, 6.07) is 3.07. The minimum Gasteiger partial charge on any atom is -0.447 e. The van der Waals surface area contributed by atoms with Crippen LogP contribution in [0.1, 0.15) is 19.1 Å². The fourth-order valence-corrected chi connectivity index (χ4v) is 3.10. The molecule has 0 atom stereocenters. The second-order valence-electron chi connectivity index (χ2n) is 4.63. The average molecular weight is 289 g/mol. The minimum absolute atomic E-state index is 0.0276. The van der Waals surface area contributed by atoms with Crippen LogP contribution in [0, 0.1) is 0 Å². The molecule has 0 saturated heterocycles. The first kappa shape index (κ1) is 16.2. The predicted molar refractivity (Wildman–Crippen MR) is 74.2 cm³/mol. The molecule has 0 saturated carbocycles. The van der Waals surface area contributed by atoms with E-state index < -0.39 is 10.0 Å². The van der Waals surface area contributed by atoms with Crippen LogP contribution < -0.4 is 5.73 Å². The minimum atomic E-state index is -3.56. The molecule has 0 radical (unpaired) electrons. The quantitative estimate of drug-likeness (QED) is 0.762. The Morgan fingerprint density at radius 1 is 1.21 bits per heavy atom. The number of nitrogens with zero attached hydrogens (tertiary/aromatic N) is 2. The van der Waals surface area contributed by atoms with E-state index in [9.17, 15) is 8.42 Å². The molecular formula is C12H23N3O3S. The molecule has 0 aliphatic carbocycles. The number of hydrogen-bond acceptors (Lipinski definition) is 5. The van der Waals surface area contributed by atoms with Gasteiger partial charge in [0, 0.05) is 19.6 Å². The summed E-state index contributed by atoms with van der Waals surface area (Å²) in [6.07, 6.45) is 0.761. The largest absolute Gasteiger partial charge is 0.447 e. The lowest BCUT2D eigenvalue weighted by Gasteiger charge is -2.22. The average Bonchev–Trinajstić information content (AvgIpc) is 2.83. The maximum absolute atomic E-state index is 12.4. The summed E-state index contributed by atoms with van der Waals surface area (Å²) in [4.78, 5) is 1.95. The molecule has 1 heterocycles. The highest BCUT2D eigenvalue weighted by Gasteiger charge is 2.26. The summed E-state index contributed by atoms with van der Waals surface area (Å²) in [5.74, 6) is 0.475. The fraction of sp³-hybridized carbons (Fsp3) is 0.667. The molecule has 1 aromatic heterocycles. The Morgan fingerprint density at radius 2 is 1.89 bits per heavy atom. The van der Waals surface area contributed by atoms with Gasteiger partial charge >= 0.3 is 0 Å². The van der Waals surface area contributed by atoms with E-state index in [1.165, 1.54) is 10.4 Å². The first-order chi connectivity index (χ1) is 8.91. The van der Waals surface area contributed by atoms with E-state index in [2.05, 4.69) is 0 Å². The van der Waals surface area contributed by atoms with Gasteiger partial charge in [-0.3, -0.25) is 0 Å². The highest BCUT2D eigenvalue weighted by molar-refractivity contribution is 7.89. The van der Waals surface area contributed by atoms with Gasteiger partial charge in [0.25, 0.3) is 10.0 Å². The van der Waals surface area contributed by atoms with Crippen LogP contribution in [0.25, 0.3) is 0 Å². The van der Waals surface area contributed by atoms with Gasteiger partial charge in [0.15, 0.2) is 0 Å². The maximum atomic E-state index is 12.4. The summed E-state index contributed by atoms with van der Waals surface area (Å²) < 4.78 is 31.6. The van der Waals surface area contributed by atoms with Crippen molar-refractivity contribution in [3.8, 4) is 0 Å². The molecule has 6 nitrogen and oxygen atoms in total. The normalized spacial score (nSPS) is 12.5. The molecule has 19 heavy (non-hydrogen) atoms. The first-order valence-corrected chi connectivity index (χ1v) is 7.79. The van der Waals surface area contributed by atoms with Crippen LogP contribution in [0.2, 0.25) is 0 Å². The molecule has 2 N–H and O–H groups in total. The summed E-state index contributed by atoms with van der Waals surface area (Å²) in [6.45, 7) is 3.74. The zero-order valence-electron chi connectivity index (χ0n) is 11.8. The predicted octanol–water partition coefficient (Wildman–Crippen LogP) is 0.701. The number of hydrogen-bond donors (Lipinski definition) is 1. The van der Waals surface area contributed by atoms with Crippen molar-refractivity contribution in [3.05, 3.63) is 17.9 Å². The number of likely N-dealkylation sites (N-methyl/N-ethyl adjacent to an activating group) is 1. The third-order valence-electron chi connectivity index (χ3n) is 2.70. The third kappa shape index (κ3) is 4.31. The molecule has 0 unspecified atom stereocenters. The Bertz CT molecular complexity index is 482. The molecule has 0 spiro atoms. The molecule has 0 bridgehead atoms. The molecule has 1 aromatic rings. The Balaban J connectivity index is 2.91. The monoisotopic (exact) mass is 289 g/mol. The Morgan fingerprint density at radius 3 is 2.37 bits per heavy atom. The molecule has 0 aliphatic heterocycles. The third-order valence-corrected chi connectivity index (χ3v) is 4.47. The van der Waals surface area contributed by atoms with E-state index in [1.54, 1.807) is 6.07 Å². The SMILES string of the molecule is CCCN(CCN(C)C)S(=O)(=O)c1ccc(CN)o1. The van der Waals surface area contributed by atoms with Crippen LogP contribution in [0.3, 0.4) is 0 Å². The molecular weight excluding hydrogens is 266 g/mol. The lowest BCUT2D eigenvalue weighted by atomic mass is 10.4. The number of furan rings is 1. The van der Waals surface area contributed by atoms with E-state index in [-0.39, 0.29) is 11.6 Å². The van der Waals surface area contributed by atoms with Gasteiger partial charge in [-0.1, -0.05) is 6.92 Å². The van der Waals surface area contributed by atoms with Crippen LogP contribution in [0.5, 0.6) is 0 Å². The highest BCUT2D eigenvalue weighted by atomic mass is 32.2. The molecule has 0 aromatic carbocycles. The van der Waals surface area contributed by atoms with Crippen molar-refractivity contribution in [1.29, 1.82) is 0 Å². The van der Waals surface area contributed by atoms with Crippen molar-refractivity contribution in [3.63, 3.8) is 0 Å². The van der Waals surface area contributed by atoms with Crippen molar-refractivity contribution < 1.29 is 12.8 Å². The Labute approximate surface area is 115 Å². The van der Waals surface area contributed by atoms with Gasteiger partial charge < -0.3 is 15.1 Å². The van der Waals surface area contributed by atoms with Gasteiger partial charge in [-0.25, -0.2) is 8.42 Å². The highest BCUT2D eigenvalue weighted by Crippen LogP contribution is 2.18. The van der Waals surface area contributed by atoms with Crippen LogP contribution in [-0.2, 0) is 16.6 Å². The summed E-state index contributed by atoms with van der Waals surface area (Å²) in [7, 11) is 0.262. The maximum Gasteiger partial charge on any atom is 0.276 e. The van der Waals surface area contributed by atoms with Gasteiger partial charge in [-0.05, 0) is 32.6 Å². The molecule has 7 heteroatoms. The first-order valence-electron chi connectivity index (χ1n) is 6.35. The zero-order valence-corrected chi connectivity index (χ0v) is 12.6. The molecule has 0 amide bonds. The van der Waals surface area contributed by atoms with E-state index in [1.807, 2.05) is 25.9 Å². The lowest BCUT2D eigenvalue weighted by molar-refractivity contribution is 0.321. The molecule has 1 rings (SSSR count).